The summed E-state index contributed by atoms with van der Waals surface area (Å²) in [5, 5.41) is 6.25. The molecule has 30 heavy (non-hydrogen) atoms. The molecule has 4 heteroatoms. The molecule has 152 valence electrons. The smallest absolute Gasteiger partial charge is 0.251 e. The Morgan fingerprint density at radius 3 is 1.43 bits per heavy atom. The van der Waals surface area contributed by atoms with Gasteiger partial charge in [0.1, 0.15) is 0 Å². The number of fused-ring (bicyclic) bond motifs is 2. The molecule has 0 aliphatic heterocycles. The van der Waals surface area contributed by atoms with Gasteiger partial charge in [0.25, 0.3) is 11.8 Å². The van der Waals surface area contributed by atoms with Gasteiger partial charge in [-0.1, -0.05) is 36.4 Å². The number of nitrogens with one attached hydrogen (secondary N) is 2. The van der Waals surface area contributed by atoms with Crippen LogP contribution < -0.4 is 10.6 Å². The van der Waals surface area contributed by atoms with Crippen molar-refractivity contribution in [2.45, 2.75) is 39.8 Å². The van der Waals surface area contributed by atoms with E-state index < -0.39 is 0 Å². The molecular formula is C26H26N2O2. The molecule has 1 aliphatic carbocycles. The van der Waals surface area contributed by atoms with Crippen molar-refractivity contribution in [3.63, 3.8) is 0 Å². The number of carbonyl (C=O) groups excluding carboxylic acids is 2. The van der Waals surface area contributed by atoms with Crippen LogP contribution in [0.25, 0.3) is 0 Å². The Kier molecular flexibility index (Phi) is 5.17. The maximum atomic E-state index is 12.9. The van der Waals surface area contributed by atoms with E-state index in [9.17, 15) is 9.59 Å². The van der Waals surface area contributed by atoms with Crippen LogP contribution in [-0.4, -0.2) is 11.8 Å². The summed E-state index contributed by atoms with van der Waals surface area (Å²) in [4.78, 5) is 25.9. The third-order valence-electron chi connectivity index (χ3n) is 6.07. The minimum absolute atomic E-state index is 0.143. The molecule has 4 rings (SSSR count). The van der Waals surface area contributed by atoms with E-state index in [-0.39, 0.29) is 23.9 Å². The Balaban J connectivity index is 1.56. The Labute approximate surface area is 177 Å². The molecule has 3 aromatic rings. The van der Waals surface area contributed by atoms with Crippen LogP contribution in [0.15, 0.2) is 60.7 Å². The van der Waals surface area contributed by atoms with Gasteiger partial charge in [0, 0.05) is 11.1 Å². The Hall–Kier alpha value is -3.40. The van der Waals surface area contributed by atoms with Crippen LogP contribution in [0.1, 0.15) is 66.2 Å². The third kappa shape index (κ3) is 3.73. The van der Waals surface area contributed by atoms with Gasteiger partial charge in [-0.3, -0.25) is 9.59 Å². The zero-order chi connectivity index (χ0) is 21.4. The van der Waals surface area contributed by atoms with E-state index in [2.05, 4.69) is 10.6 Å². The van der Waals surface area contributed by atoms with Crippen molar-refractivity contribution >= 4 is 11.8 Å². The summed E-state index contributed by atoms with van der Waals surface area (Å²) in [5.41, 5.74) is 7.69. The number of hydrogen-bond acceptors (Lipinski definition) is 2. The Morgan fingerprint density at radius 1 is 0.600 bits per heavy atom. The van der Waals surface area contributed by atoms with Gasteiger partial charge in [0.05, 0.1) is 12.1 Å². The van der Waals surface area contributed by atoms with Crippen molar-refractivity contribution in [1.82, 2.24) is 10.6 Å². The first kappa shape index (κ1) is 19.9. The molecule has 2 atom stereocenters. The molecule has 0 radical (unpaired) electrons. The van der Waals surface area contributed by atoms with Crippen LogP contribution in [0, 0.1) is 27.7 Å². The van der Waals surface area contributed by atoms with Crippen molar-refractivity contribution in [3.05, 3.63) is 105 Å². The van der Waals surface area contributed by atoms with Crippen molar-refractivity contribution in [1.29, 1.82) is 0 Å². The minimum atomic E-state index is -0.306. The van der Waals surface area contributed by atoms with E-state index in [1.54, 1.807) is 0 Å². The number of amides is 2. The highest BCUT2D eigenvalue weighted by Gasteiger charge is 2.33. The van der Waals surface area contributed by atoms with E-state index in [0.29, 0.717) is 11.1 Å². The summed E-state index contributed by atoms with van der Waals surface area (Å²) in [6.07, 6.45) is 0. The van der Waals surface area contributed by atoms with Crippen LogP contribution in [-0.2, 0) is 0 Å². The highest BCUT2D eigenvalue weighted by atomic mass is 16.2. The predicted octanol–water partition coefficient (Wildman–Crippen LogP) is 4.88. The van der Waals surface area contributed by atoms with Crippen LogP contribution >= 0.6 is 0 Å². The van der Waals surface area contributed by atoms with E-state index in [0.717, 1.165) is 33.4 Å². The minimum Gasteiger partial charge on any atom is -0.343 e. The van der Waals surface area contributed by atoms with Gasteiger partial charge in [-0.25, -0.2) is 0 Å². The lowest BCUT2D eigenvalue weighted by atomic mass is 10.0. The number of rotatable bonds is 4. The first-order valence-corrected chi connectivity index (χ1v) is 10.2. The topological polar surface area (TPSA) is 58.2 Å². The second kappa shape index (κ2) is 7.79. The molecule has 0 spiro atoms. The molecular weight excluding hydrogens is 372 g/mol. The Morgan fingerprint density at radius 2 is 1.03 bits per heavy atom. The maximum Gasteiger partial charge on any atom is 0.251 e. The maximum absolute atomic E-state index is 12.9. The van der Waals surface area contributed by atoms with Crippen LogP contribution in [0.2, 0.25) is 0 Å². The van der Waals surface area contributed by atoms with Crippen molar-refractivity contribution in [2.24, 2.45) is 0 Å². The van der Waals surface area contributed by atoms with Gasteiger partial charge in [-0.05, 0) is 85.3 Å². The molecule has 3 aromatic carbocycles. The summed E-state index contributed by atoms with van der Waals surface area (Å²) >= 11 is 0. The molecule has 0 aromatic heterocycles. The highest BCUT2D eigenvalue weighted by molar-refractivity contribution is 5.96. The van der Waals surface area contributed by atoms with Crippen LogP contribution in [0.4, 0.5) is 0 Å². The molecule has 0 saturated carbocycles. The zero-order valence-electron chi connectivity index (χ0n) is 17.7. The molecule has 0 fully saturated rings. The third-order valence-corrected chi connectivity index (χ3v) is 6.07. The second-order valence-electron chi connectivity index (χ2n) is 8.17. The van der Waals surface area contributed by atoms with E-state index in [1.165, 1.54) is 0 Å². The molecule has 4 nitrogen and oxygen atoms in total. The van der Waals surface area contributed by atoms with E-state index in [4.69, 9.17) is 0 Å². The lowest BCUT2D eigenvalue weighted by Crippen LogP contribution is -2.38. The first-order chi connectivity index (χ1) is 14.3. The molecule has 2 amide bonds. The quantitative estimate of drug-likeness (QED) is 0.658. The predicted molar refractivity (Wildman–Crippen MR) is 119 cm³/mol. The van der Waals surface area contributed by atoms with Crippen LogP contribution in [0.5, 0.6) is 0 Å². The van der Waals surface area contributed by atoms with Crippen molar-refractivity contribution < 1.29 is 9.59 Å². The Bertz CT molecular complexity index is 1060. The largest absolute Gasteiger partial charge is 0.343 e. The number of benzene rings is 3. The molecule has 1 aliphatic rings. The van der Waals surface area contributed by atoms with Gasteiger partial charge in [-0.15, -0.1) is 0 Å². The van der Waals surface area contributed by atoms with Crippen LogP contribution in [0.3, 0.4) is 0 Å². The average molecular weight is 399 g/mol. The van der Waals surface area contributed by atoms with E-state index >= 15 is 0 Å². The van der Waals surface area contributed by atoms with Gasteiger partial charge in [0.15, 0.2) is 0 Å². The molecule has 2 bridgehead atoms. The fourth-order valence-electron chi connectivity index (χ4n) is 3.88. The number of hydrogen-bond donors (Lipinski definition) is 2. The normalized spacial score (nSPS) is 16.9. The second-order valence-corrected chi connectivity index (χ2v) is 8.17. The lowest BCUT2D eigenvalue weighted by molar-refractivity contribution is 0.0885. The molecule has 2 N–H and O–H groups in total. The number of aryl methyl sites for hydroxylation is 4. The van der Waals surface area contributed by atoms with Crippen molar-refractivity contribution in [2.75, 3.05) is 0 Å². The highest BCUT2D eigenvalue weighted by Crippen LogP contribution is 2.37. The lowest BCUT2D eigenvalue weighted by Gasteiger charge is -2.24. The molecule has 2 unspecified atom stereocenters. The zero-order valence-corrected chi connectivity index (χ0v) is 17.7. The summed E-state index contributed by atoms with van der Waals surface area (Å²) in [6, 6.07) is 18.7. The molecule has 0 saturated heterocycles. The SMILES string of the molecule is Cc1ccc(C(=O)NC2c3cccc(c3)C2NC(=O)c2ccc(C)c(C)c2)cc1C. The summed E-state index contributed by atoms with van der Waals surface area (Å²) in [5.74, 6) is -0.285. The van der Waals surface area contributed by atoms with Crippen molar-refractivity contribution in [3.8, 4) is 0 Å². The standard InChI is InChI=1S/C26H26N2O2/c1-15-8-10-21(12-17(15)3)25(29)27-23-19-6-5-7-20(14-19)24(23)28-26(30)22-11-9-16(2)18(4)13-22/h5-14,23-24H,1-4H3,(H,27,29)(H,28,30). The summed E-state index contributed by atoms with van der Waals surface area (Å²) < 4.78 is 0. The average Bonchev–Trinajstić information content (AvgIpc) is 2.95. The van der Waals surface area contributed by atoms with Gasteiger partial charge in [-0.2, -0.15) is 0 Å². The first-order valence-electron chi connectivity index (χ1n) is 10.2. The summed E-state index contributed by atoms with van der Waals surface area (Å²) in [6.45, 7) is 8.05. The van der Waals surface area contributed by atoms with E-state index in [1.807, 2.05) is 88.4 Å². The van der Waals surface area contributed by atoms with Gasteiger partial charge in [0.2, 0.25) is 0 Å². The molecule has 0 heterocycles. The fraction of sp³-hybridized carbons (Fsp3) is 0.231. The monoisotopic (exact) mass is 398 g/mol. The fourth-order valence-corrected chi connectivity index (χ4v) is 3.88. The van der Waals surface area contributed by atoms with Gasteiger partial charge >= 0.3 is 0 Å². The number of carbonyl (C=O) groups is 2. The van der Waals surface area contributed by atoms with Gasteiger partial charge < -0.3 is 10.6 Å². The summed E-state index contributed by atoms with van der Waals surface area (Å²) in [7, 11) is 0.